The van der Waals surface area contributed by atoms with Crippen molar-refractivity contribution in [2.45, 2.75) is 0 Å². The van der Waals surface area contributed by atoms with Gasteiger partial charge in [0.1, 0.15) is 23.0 Å². The Bertz CT molecular complexity index is 1070. The smallest absolute Gasteiger partial charge is 0.127 e. The molecule has 0 radical (unpaired) electrons. The Labute approximate surface area is 164 Å². The molecule has 0 aliphatic heterocycles. The van der Waals surface area contributed by atoms with E-state index in [9.17, 15) is 0 Å². The van der Waals surface area contributed by atoms with E-state index in [0.717, 1.165) is 55.7 Å². The highest BCUT2D eigenvalue weighted by atomic mass is 16.5. The molecule has 0 atom stereocenters. The lowest BCUT2D eigenvalue weighted by Crippen LogP contribution is -1.94. The summed E-state index contributed by atoms with van der Waals surface area (Å²) in [6.45, 7) is 0. The fourth-order valence-electron chi connectivity index (χ4n) is 3.84. The Balaban J connectivity index is 2.17. The quantitative estimate of drug-likeness (QED) is 0.449. The maximum atomic E-state index is 5.69. The number of hydrogen-bond acceptors (Lipinski definition) is 4. The zero-order valence-corrected chi connectivity index (χ0v) is 16.4. The minimum Gasteiger partial charge on any atom is -0.496 e. The molecule has 142 valence electrons. The van der Waals surface area contributed by atoms with Gasteiger partial charge in [-0.2, -0.15) is 0 Å². The Morgan fingerprint density at radius 2 is 0.821 bits per heavy atom. The highest BCUT2D eigenvalue weighted by Gasteiger charge is 2.18. The van der Waals surface area contributed by atoms with Crippen LogP contribution < -0.4 is 18.9 Å². The molecule has 0 saturated heterocycles. The van der Waals surface area contributed by atoms with E-state index >= 15 is 0 Å². The van der Waals surface area contributed by atoms with Crippen LogP contribution in [0.3, 0.4) is 0 Å². The first kappa shape index (κ1) is 18.0. The van der Waals surface area contributed by atoms with E-state index in [1.54, 1.807) is 28.4 Å². The van der Waals surface area contributed by atoms with Gasteiger partial charge in [0.2, 0.25) is 0 Å². The van der Waals surface area contributed by atoms with Gasteiger partial charge in [-0.25, -0.2) is 0 Å². The first-order valence-corrected chi connectivity index (χ1v) is 9.01. The van der Waals surface area contributed by atoms with Crippen molar-refractivity contribution in [3.05, 3.63) is 60.7 Å². The van der Waals surface area contributed by atoms with E-state index in [1.807, 2.05) is 48.5 Å². The molecule has 0 unspecified atom stereocenters. The first-order valence-electron chi connectivity index (χ1n) is 9.01. The molecule has 0 aliphatic carbocycles. The summed E-state index contributed by atoms with van der Waals surface area (Å²) < 4.78 is 22.6. The predicted octanol–water partition coefficient (Wildman–Crippen LogP) is 5.69. The SMILES string of the molecule is COc1ccc(-c2ccc(OC)c3cccc(OC)c23)c2c(OC)cccc12. The third kappa shape index (κ3) is 2.69. The van der Waals surface area contributed by atoms with Gasteiger partial charge in [-0.1, -0.05) is 24.3 Å². The molecule has 0 spiro atoms. The van der Waals surface area contributed by atoms with Crippen LogP contribution >= 0.6 is 0 Å². The lowest BCUT2D eigenvalue weighted by atomic mass is 9.92. The molecule has 4 nitrogen and oxygen atoms in total. The Kier molecular flexibility index (Phi) is 4.70. The van der Waals surface area contributed by atoms with Crippen LogP contribution in [0.15, 0.2) is 60.7 Å². The first-order chi connectivity index (χ1) is 13.7. The van der Waals surface area contributed by atoms with Crippen molar-refractivity contribution in [2.24, 2.45) is 0 Å². The number of fused-ring (bicyclic) bond motifs is 2. The molecular formula is C24H22O4. The molecule has 4 aromatic carbocycles. The fraction of sp³-hybridized carbons (Fsp3) is 0.167. The zero-order chi connectivity index (χ0) is 19.7. The molecule has 4 aromatic rings. The molecule has 0 bridgehead atoms. The van der Waals surface area contributed by atoms with Crippen molar-refractivity contribution in [2.75, 3.05) is 28.4 Å². The van der Waals surface area contributed by atoms with Crippen LogP contribution in [0.5, 0.6) is 23.0 Å². The highest BCUT2D eigenvalue weighted by molar-refractivity contribution is 6.12. The summed E-state index contributed by atoms with van der Waals surface area (Å²) in [4.78, 5) is 0. The average Bonchev–Trinajstić information content (AvgIpc) is 2.76. The molecule has 0 fully saturated rings. The summed E-state index contributed by atoms with van der Waals surface area (Å²) in [5, 5.41) is 4.00. The third-order valence-electron chi connectivity index (χ3n) is 5.09. The van der Waals surface area contributed by atoms with Gasteiger partial charge in [-0.3, -0.25) is 0 Å². The summed E-state index contributed by atoms with van der Waals surface area (Å²) in [6.07, 6.45) is 0. The van der Waals surface area contributed by atoms with Crippen molar-refractivity contribution in [1.82, 2.24) is 0 Å². The van der Waals surface area contributed by atoms with E-state index in [-0.39, 0.29) is 0 Å². The zero-order valence-electron chi connectivity index (χ0n) is 16.4. The molecule has 0 N–H and O–H groups in total. The second-order valence-electron chi connectivity index (χ2n) is 6.40. The van der Waals surface area contributed by atoms with Gasteiger partial charge in [0.05, 0.1) is 28.4 Å². The Morgan fingerprint density at radius 1 is 0.429 bits per heavy atom. The number of methoxy groups -OCH3 is 4. The number of rotatable bonds is 5. The summed E-state index contributed by atoms with van der Waals surface area (Å²) >= 11 is 0. The van der Waals surface area contributed by atoms with Gasteiger partial charge in [-0.05, 0) is 47.5 Å². The van der Waals surface area contributed by atoms with Crippen molar-refractivity contribution >= 4 is 21.5 Å². The van der Waals surface area contributed by atoms with Crippen LogP contribution in [0, 0.1) is 0 Å². The second-order valence-corrected chi connectivity index (χ2v) is 6.40. The van der Waals surface area contributed by atoms with Gasteiger partial charge < -0.3 is 18.9 Å². The van der Waals surface area contributed by atoms with Crippen LogP contribution in [0.1, 0.15) is 0 Å². The molecule has 28 heavy (non-hydrogen) atoms. The lowest BCUT2D eigenvalue weighted by Gasteiger charge is -2.17. The van der Waals surface area contributed by atoms with Crippen molar-refractivity contribution in [3.8, 4) is 34.1 Å². The summed E-state index contributed by atoms with van der Waals surface area (Å²) in [5.74, 6) is 3.21. The maximum Gasteiger partial charge on any atom is 0.127 e. The van der Waals surface area contributed by atoms with Gasteiger partial charge >= 0.3 is 0 Å². The van der Waals surface area contributed by atoms with Crippen LogP contribution in [-0.4, -0.2) is 28.4 Å². The van der Waals surface area contributed by atoms with E-state index in [2.05, 4.69) is 12.1 Å². The Morgan fingerprint density at radius 3 is 1.18 bits per heavy atom. The molecule has 0 aromatic heterocycles. The lowest BCUT2D eigenvalue weighted by molar-refractivity contribution is 0.415. The summed E-state index contributed by atoms with van der Waals surface area (Å²) in [7, 11) is 6.73. The fourth-order valence-corrected chi connectivity index (χ4v) is 3.84. The predicted molar refractivity (Wildman–Crippen MR) is 113 cm³/mol. The number of ether oxygens (including phenoxy) is 4. The van der Waals surface area contributed by atoms with Crippen molar-refractivity contribution in [3.63, 3.8) is 0 Å². The molecule has 0 saturated carbocycles. The number of benzene rings is 4. The van der Waals surface area contributed by atoms with E-state index < -0.39 is 0 Å². The van der Waals surface area contributed by atoms with E-state index in [1.165, 1.54) is 0 Å². The van der Waals surface area contributed by atoms with Gasteiger partial charge in [0.15, 0.2) is 0 Å². The summed E-state index contributed by atoms with van der Waals surface area (Å²) in [5.41, 5.74) is 2.09. The molecular weight excluding hydrogens is 352 g/mol. The largest absolute Gasteiger partial charge is 0.496 e. The number of hydrogen-bond donors (Lipinski definition) is 0. The molecule has 4 heteroatoms. The normalized spacial score (nSPS) is 10.9. The second kappa shape index (κ2) is 7.31. The molecule has 4 rings (SSSR count). The van der Waals surface area contributed by atoms with Gasteiger partial charge in [0.25, 0.3) is 0 Å². The molecule has 0 aliphatic rings. The van der Waals surface area contributed by atoms with E-state index in [4.69, 9.17) is 18.9 Å². The minimum atomic E-state index is 0.797. The molecule has 0 amide bonds. The van der Waals surface area contributed by atoms with Gasteiger partial charge in [-0.15, -0.1) is 0 Å². The topological polar surface area (TPSA) is 36.9 Å². The minimum absolute atomic E-state index is 0.797. The Hall–Kier alpha value is -3.40. The average molecular weight is 374 g/mol. The van der Waals surface area contributed by atoms with Crippen LogP contribution in [0.4, 0.5) is 0 Å². The summed E-state index contributed by atoms with van der Waals surface area (Å²) in [6, 6.07) is 20.1. The maximum absolute atomic E-state index is 5.69. The molecule has 0 heterocycles. The van der Waals surface area contributed by atoms with Crippen LogP contribution in [0.25, 0.3) is 32.7 Å². The van der Waals surface area contributed by atoms with E-state index in [0.29, 0.717) is 0 Å². The van der Waals surface area contributed by atoms with Gasteiger partial charge in [0, 0.05) is 21.5 Å². The van der Waals surface area contributed by atoms with Crippen molar-refractivity contribution in [1.29, 1.82) is 0 Å². The highest BCUT2D eigenvalue weighted by Crippen LogP contribution is 2.45. The van der Waals surface area contributed by atoms with Crippen molar-refractivity contribution < 1.29 is 18.9 Å². The van der Waals surface area contributed by atoms with Crippen LogP contribution in [-0.2, 0) is 0 Å². The van der Waals surface area contributed by atoms with Crippen LogP contribution in [0.2, 0.25) is 0 Å². The third-order valence-corrected chi connectivity index (χ3v) is 5.09. The standard InChI is InChI=1S/C24H22O4/c1-25-19-13-11-15(23-17(19)7-5-9-21(23)27-3)16-12-14-20(26-2)18-8-6-10-22(28-4)24(16)18/h5-14H,1-4H3. The monoisotopic (exact) mass is 374 g/mol.